The predicted molar refractivity (Wildman–Crippen MR) is 82.9 cm³/mol. The summed E-state index contributed by atoms with van der Waals surface area (Å²) in [6.45, 7) is 3.64. The van der Waals surface area contributed by atoms with Crippen LogP contribution in [0.15, 0.2) is 18.2 Å². The molecule has 0 saturated carbocycles. The van der Waals surface area contributed by atoms with Crippen LogP contribution in [0.5, 0.6) is 0 Å². The Balaban J connectivity index is 2.18. The molecule has 0 radical (unpaired) electrons. The molecule has 1 saturated heterocycles. The molecule has 1 unspecified atom stereocenters. The largest absolute Gasteiger partial charge is 0.465 e. The van der Waals surface area contributed by atoms with E-state index >= 15 is 0 Å². The van der Waals surface area contributed by atoms with Crippen molar-refractivity contribution in [2.75, 3.05) is 24.6 Å². The van der Waals surface area contributed by atoms with Crippen LogP contribution in [0.4, 0.5) is 11.4 Å². The number of nitro benzene ring substituents is 1. The number of carbonyl (C=O) groups excluding carboxylic acids is 1. The first-order valence-corrected chi connectivity index (χ1v) is 7.47. The molecule has 7 heteroatoms. The fourth-order valence-electron chi connectivity index (χ4n) is 2.65. The first-order chi connectivity index (χ1) is 10.5. The summed E-state index contributed by atoms with van der Waals surface area (Å²) >= 11 is 0. The van der Waals surface area contributed by atoms with Gasteiger partial charge in [-0.25, -0.2) is 0 Å². The van der Waals surface area contributed by atoms with E-state index in [9.17, 15) is 14.9 Å². The van der Waals surface area contributed by atoms with E-state index in [1.807, 2.05) is 4.90 Å². The Morgan fingerprint density at radius 2 is 2.14 bits per heavy atom. The zero-order chi connectivity index (χ0) is 16.1. The first-order valence-electron chi connectivity index (χ1n) is 7.47. The number of nitro groups is 1. The number of benzene rings is 1. The molecule has 0 bridgehead atoms. The molecule has 0 aliphatic carbocycles. The standard InChI is InChI=1S/C15H21N3O4/c1-2-22-15(19)12(16)9-11-5-6-13(14(10-11)18(20)21)17-7-3-4-8-17/h5-6,10,12H,2-4,7-9,16H2,1H3. The van der Waals surface area contributed by atoms with Crippen molar-refractivity contribution in [3.05, 3.63) is 33.9 Å². The molecule has 0 spiro atoms. The number of nitrogens with zero attached hydrogens (tertiary/aromatic N) is 2. The Bertz CT molecular complexity index is 556. The lowest BCUT2D eigenvalue weighted by Crippen LogP contribution is -2.34. The fourth-order valence-corrected chi connectivity index (χ4v) is 2.65. The van der Waals surface area contributed by atoms with Gasteiger partial charge in [0.1, 0.15) is 11.7 Å². The van der Waals surface area contributed by atoms with Crippen molar-refractivity contribution in [3.8, 4) is 0 Å². The molecule has 22 heavy (non-hydrogen) atoms. The zero-order valence-electron chi connectivity index (χ0n) is 12.7. The maximum Gasteiger partial charge on any atom is 0.323 e. The quantitative estimate of drug-likeness (QED) is 0.487. The van der Waals surface area contributed by atoms with Crippen LogP contribution in [0.2, 0.25) is 0 Å². The van der Waals surface area contributed by atoms with Gasteiger partial charge in [-0.1, -0.05) is 6.07 Å². The van der Waals surface area contributed by atoms with Gasteiger partial charge in [0, 0.05) is 19.2 Å². The Kier molecular flexibility index (Phi) is 5.32. The molecule has 2 N–H and O–H groups in total. The maximum absolute atomic E-state index is 11.6. The Hall–Kier alpha value is -2.15. The van der Waals surface area contributed by atoms with Crippen LogP contribution in [0, 0.1) is 10.1 Å². The van der Waals surface area contributed by atoms with Gasteiger partial charge in [0.2, 0.25) is 0 Å². The van der Waals surface area contributed by atoms with Crippen LogP contribution in [0.3, 0.4) is 0 Å². The number of anilines is 1. The van der Waals surface area contributed by atoms with E-state index in [1.54, 1.807) is 19.1 Å². The summed E-state index contributed by atoms with van der Waals surface area (Å²) in [5, 5.41) is 11.3. The molecule has 1 atom stereocenters. The number of nitrogens with two attached hydrogens (primary N) is 1. The number of rotatable bonds is 6. The van der Waals surface area contributed by atoms with E-state index in [0.717, 1.165) is 25.9 Å². The van der Waals surface area contributed by atoms with Crippen LogP contribution in [-0.4, -0.2) is 36.6 Å². The van der Waals surface area contributed by atoms with E-state index in [-0.39, 0.29) is 23.6 Å². The molecule has 1 aliphatic rings. The number of ether oxygens (including phenoxy) is 1. The summed E-state index contributed by atoms with van der Waals surface area (Å²) in [4.78, 5) is 24.5. The minimum atomic E-state index is -0.808. The Morgan fingerprint density at radius 1 is 1.45 bits per heavy atom. The van der Waals surface area contributed by atoms with Crippen molar-refractivity contribution in [2.45, 2.75) is 32.2 Å². The van der Waals surface area contributed by atoms with Gasteiger partial charge >= 0.3 is 5.97 Å². The van der Waals surface area contributed by atoms with Gasteiger partial charge in [-0.15, -0.1) is 0 Å². The SMILES string of the molecule is CCOC(=O)C(N)Cc1ccc(N2CCCC2)c([N+](=O)[O-])c1. The van der Waals surface area contributed by atoms with Crippen LogP contribution < -0.4 is 10.6 Å². The van der Waals surface area contributed by atoms with Gasteiger partial charge < -0.3 is 15.4 Å². The summed E-state index contributed by atoms with van der Waals surface area (Å²) in [5.74, 6) is -0.492. The highest BCUT2D eigenvalue weighted by molar-refractivity contribution is 5.76. The van der Waals surface area contributed by atoms with Crippen LogP contribution in [0.25, 0.3) is 0 Å². The van der Waals surface area contributed by atoms with Crippen LogP contribution >= 0.6 is 0 Å². The maximum atomic E-state index is 11.6. The summed E-state index contributed by atoms with van der Waals surface area (Å²) in [5.41, 5.74) is 7.13. The highest BCUT2D eigenvalue weighted by atomic mass is 16.6. The second-order valence-electron chi connectivity index (χ2n) is 5.34. The lowest BCUT2D eigenvalue weighted by atomic mass is 10.0. The molecular formula is C15H21N3O4. The molecule has 2 rings (SSSR count). The van der Waals surface area contributed by atoms with Crippen molar-refractivity contribution in [1.82, 2.24) is 0 Å². The lowest BCUT2D eigenvalue weighted by molar-refractivity contribution is -0.384. The van der Waals surface area contributed by atoms with Crippen molar-refractivity contribution >= 4 is 17.3 Å². The van der Waals surface area contributed by atoms with E-state index in [0.29, 0.717) is 11.3 Å². The molecule has 1 aromatic carbocycles. The monoisotopic (exact) mass is 307 g/mol. The fraction of sp³-hybridized carbons (Fsp3) is 0.533. The van der Waals surface area contributed by atoms with Crippen molar-refractivity contribution in [1.29, 1.82) is 0 Å². The predicted octanol–water partition coefficient (Wildman–Crippen LogP) is 1.63. The molecule has 0 amide bonds. The topological polar surface area (TPSA) is 98.7 Å². The van der Waals surface area contributed by atoms with Crippen molar-refractivity contribution in [2.24, 2.45) is 5.73 Å². The van der Waals surface area contributed by atoms with Gasteiger partial charge in [0.15, 0.2) is 0 Å². The number of carbonyl (C=O) groups is 1. The summed E-state index contributed by atoms with van der Waals surface area (Å²) in [6, 6.07) is 4.24. The minimum Gasteiger partial charge on any atom is -0.465 e. The van der Waals surface area contributed by atoms with Gasteiger partial charge in [-0.05, 0) is 37.8 Å². The smallest absolute Gasteiger partial charge is 0.323 e. The van der Waals surface area contributed by atoms with Gasteiger partial charge in [0.05, 0.1) is 11.5 Å². The van der Waals surface area contributed by atoms with E-state index in [1.165, 1.54) is 6.07 Å². The highest BCUT2D eigenvalue weighted by Gasteiger charge is 2.23. The average Bonchev–Trinajstić information content (AvgIpc) is 3.01. The number of hydrogen-bond donors (Lipinski definition) is 1. The molecule has 0 aromatic heterocycles. The van der Waals surface area contributed by atoms with Crippen molar-refractivity contribution < 1.29 is 14.5 Å². The first kappa shape index (κ1) is 16.2. The minimum absolute atomic E-state index is 0.0652. The third kappa shape index (κ3) is 3.73. The molecule has 1 heterocycles. The Morgan fingerprint density at radius 3 is 2.73 bits per heavy atom. The third-order valence-electron chi connectivity index (χ3n) is 3.73. The molecule has 1 fully saturated rings. The lowest BCUT2D eigenvalue weighted by Gasteiger charge is -2.18. The Labute approximate surface area is 129 Å². The molecule has 120 valence electrons. The second-order valence-corrected chi connectivity index (χ2v) is 5.34. The summed E-state index contributed by atoms with van der Waals surface area (Å²) in [6.07, 6.45) is 2.32. The van der Waals surface area contributed by atoms with Crippen molar-refractivity contribution in [3.63, 3.8) is 0 Å². The van der Waals surface area contributed by atoms with Crippen LogP contribution in [-0.2, 0) is 16.0 Å². The van der Waals surface area contributed by atoms with E-state index in [2.05, 4.69) is 0 Å². The summed E-state index contributed by atoms with van der Waals surface area (Å²) < 4.78 is 4.85. The van der Waals surface area contributed by atoms with Gasteiger partial charge in [-0.2, -0.15) is 0 Å². The second kappa shape index (κ2) is 7.22. The molecule has 7 nitrogen and oxygen atoms in total. The summed E-state index contributed by atoms with van der Waals surface area (Å²) in [7, 11) is 0. The normalized spacial score (nSPS) is 15.6. The van der Waals surface area contributed by atoms with E-state index in [4.69, 9.17) is 10.5 Å². The highest BCUT2D eigenvalue weighted by Crippen LogP contribution is 2.31. The molecule has 1 aromatic rings. The third-order valence-corrected chi connectivity index (χ3v) is 3.73. The van der Waals surface area contributed by atoms with E-state index < -0.39 is 12.0 Å². The van der Waals surface area contributed by atoms with Crippen LogP contribution in [0.1, 0.15) is 25.3 Å². The number of esters is 1. The molecule has 1 aliphatic heterocycles. The number of hydrogen-bond acceptors (Lipinski definition) is 6. The molecular weight excluding hydrogens is 286 g/mol. The average molecular weight is 307 g/mol. The van der Waals surface area contributed by atoms with Gasteiger partial charge in [0.25, 0.3) is 5.69 Å². The van der Waals surface area contributed by atoms with Gasteiger partial charge in [-0.3, -0.25) is 14.9 Å². The zero-order valence-corrected chi connectivity index (χ0v) is 12.7.